The average molecular weight is 581 g/mol. The number of carboxylic acid groups (broad SMARTS) is 2. The fourth-order valence-corrected chi connectivity index (χ4v) is 4.30. The van der Waals surface area contributed by atoms with Gasteiger partial charge in [0.25, 0.3) is 0 Å². The number of aromatic nitrogens is 1. The van der Waals surface area contributed by atoms with Crippen LogP contribution >= 0.6 is 0 Å². The second-order valence-electron chi connectivity index (χ2n) is 9.65. The van der Waals surface area contributed by atoms with Crippen LogP contribution in [0.4, 0.5) is 0 Å². The number of benzene rings is 2. The van der Waals surface area contributed by atoms with Crippen LogP contribution in [0.3, 0.4) is 0 Å². The molecule has 1 aromatic heterocycles. The van der Waals surface area contributed by atoms with Gasteiger partial charge in [0.15, 0.2) is 0 Å². The number of H-pyrrole nitrogens is 1. The van der Waals surface area contributed by atoms with Crippen molar-refractivity contribution in [3.8, 4) is 0 Å². The first kappa shape index (κ1) is 31.3. The molecule has 4 atom stereocenters. The molecule has 1 heterocycles. The number of aromatic amines is 1. The predicted molar refractivity (Wildman–Crippen MR) is 150 cm³/mol. The third-order valence-corrected chi connectivity index (χ3v) is 6.40. The highest BCUT2D eigenvalue weighted by Gasteiger charge is 2.32. The monoisotopic (exact) mass is 580 g/mol. The summed E-state index contributed by atoms with van der Waals surface area (Å²) in [5.41, 5.74) is 13.5. The molecule has 2 aromatic carbocycles. The highest BCUT2D eigenvalue weighted by molar-refractivity contribution is 5.96. The zero-order valence-electron chi connectivity index (χ0n) is 22.4. The van der Waals surface area contributed by atoms with Gasteiger partial charge in [0.05, 0.1) is 18.9 Å². The standard InChI is InChI=1S/C28H32N6O8/c29-18(11-16-14-31-19-9-5-4-8-17(16)19)25(38)32-20(10-15-6-2-1-3-7-15)26(39)33-21(13-24(36)37)27(40)34-22(28(41)42)12-23(30)35/h1-9,14,18,20-22,31H,10-13,29H2,(H2,30,35)(H,32,38)(H,33,39)(H,34,40)(H,36,37)(H,41,42). The van der Waals surface area contributed by atoms with E-state index >= 15 is 0 Å². The van der Waals surface area contributed by atoms with Gasteiger partial charge in [-0.3, -0.25) is 24.0 Å². The summed E-state index contributed by atoms with van der Waals surface area (Å²) < 4.78 is 0. The smallest absolute Gasteiger partial charge is 0.326 e. The van der Waals surface area contributed by atoms with Crippen molar-refractivity contribution in [3.63, 3.8) is 0 Å². The van der Waals surface area contributed by atoms with Crippen LogP contribution in [0.25, 0.3) is 10.9 Å². The Morgan fingerprint density at radius 2 is 1.33 bits per heavy atom. The van der Waals surface area contributed by atoms with Gasteiger partial charge < -0.3 is 42.6 Å². The van der Waals surface area contributed by atoms with Gasteiger partial charge in [-0.1, -0.05) is 48.5 Å². The van der Waals surface area contributed by atoms with E-state index in [1.54, 1.807) is 36.5 Å². The summed E-state index contributed by atoms with van der Waals surface area (Å²) in [6, 6.07) is 10.3. The van der Waals surface area contributed by atoms with E-state index in [1.807, 2.05) is 29.6 Å². The minimum Gasteiger partial charge on any atom is -0.481 e. The largest absolute Gasteiger partial charge is 0.481 e. The summed E-state index contributed by atoms with van der Waals surface area (Å²) in [4.78, 5) is 76.5. The number of hydrogen-bond donors (Lipinski definition) is 8. The molecular weight excluding hydrogens is 548 g/mol. The molecule has 0 spiro atoms. The van der Waals surface area contributed by atoms with Gasteiger partial charge in [-0.25, -0.2) is 4.79 Å². The van der Waals surface area contributed by atoms with Gasteiger partial charge in [0.1, 0.15) is 18.1 Å². The lowest BCUT2D eigenvalue weighted by Gasteiger charge is -2.24. The first-order valence-electron chi connectivity index (χ1n) is 12.9. The lowest BCUT2D eigenvalue weighted by molar-refractivity contribution is -0.144. The minimum atomic E-state index is -1.74. The quantitative estimate of drug-likeness (QED) is 0.112. The molecule has 14 heteroatoms. The molecule has 222 valence electrons. The van der Waals surface area contributed by atoms with Crippen LogP contribution in [0.2, 0.25) is 0 Å². The van der Waals surface area contributed by atoms with Crippen LogP contribution in [0.15, 0.2) is 60.8 Å². The van der Waals surface area contributed by atoms with Crippen molar-refractivity contribution in [1.29, 1.82) is 0 Å². The van der Waals surface area contributed by atoms with E-state index in [4.69, 9.17) is 11.5 Å². The van der Waals surface area contributed by atoms with Crippen LogP contribution in [0.1, 0.15) is 24.0 Å². The number of aliphatic carboxylic acids is 2. The van der Waals surface area contributed by atoms with Gasteiger partial charge in [-0.2, -0.15) is 0 Å². The summed E-state index contributed by atoms with van der Waals surface area (Å²) in [6.07, 6.45) is 0.196. The first-order valence-corrected chi connectivity index (χ1v) is 12.9. The van der Waals surface area contributed by atoms with Gasteiger partial charge in [0, 0.05) is 23.5 Å². The molecule has 10 N–H and O–H groups in total. The van der Waals surface area contributed by atoms with E-state index in [1.165, 1.54) is 0 Å². The fraction of sp³-hybridized carbons (Fsp3) is 0.286. The van der Waals surface area contributed by atoms with Crippen LogP contribution in [0, 0.1) is 0 Å². The molecule has 42 heavy (non-hydrogen) atoms. The van der Waals surface area contributed by atoms with Crippen molar-refractivity contribution in [2.45, 2.75) is 49.9 Å². The van der Waals surface area contributed by atoms with E-state index in [9.17, 15) is 39.0 Å². The first-order chi connectivity index (χ1) is 19.9. The zero-order valence-corrected chi connectivity index (χ0v) is 22.4. The maximum Gasteiger partial charge on any atom is 0.326 e. The zero-order chi connectivity index (χ0) is 30.8. The number of hydrogen-bond acceptors (Lipinski definition) is 7. The summed E-state index contributed by atoms with van der Waals surface area (Å²) in [7, 11) is 0. The molecule has 4 unspecified atom stereocenters. The number of rotatable bonds is 15. The van der Waals surface area contributed by atoms with E-state index in [-0.39, 0.29) is 12.8 Å². The molecule has 14 nitrogen and oxygen atoms in total. The number of nitrogens with one attached hydrogen (secondary N) is 4. The molecule has 0 saturated carbocycles. The number of carbonyl (C=O) groups excluding carboxylic acids is 4. The van der Waals surface area contributed by atoms with Gasteiger partial charge in [-0.05, 0) is 23.6 Å². The van der Waals surface area contributed by atoms with E-state index in [2.05, 4.69) is 15.6 Å². The summed E-state index contributed by atoms with van der Waals surface area (Å²) in [5, 5.41) is 26.4. The number of primary amides is 1. The maximum absolute atomic E-state index is 13.4. The Labute approximate surface area is 239 Å². The van der Waals surface area contributed by atoms with E-state index < -0.39 is 72.6 Å². The minimum absolute atomic E-state index is 0.0287. The number of para-hydroxylation sites is 1. The molecule has 0 saturated heterocycles. The maximum atomic E-state index is 13.4. The summed E-state index contributed by atoms with van der Waals surface area (Å²) >= 11 is 0. The molecular formula is C28H32N6O8. The lowest BCUT2D eigenvalue weighted by atomic mass is 10.0. The predicted octanol–water partition coefficient (Wildman–Crippen LogP) is -0.830. The fourth-order valence-electron chi connectivity index (χ4n) is 4.30. The van der Waals surface area contributed by atoms with Crippen molar-refractivity contribution in [1.82, 2.24) is 20.9 Å². The van der Waals surface area contributed by atoms with Gasteiger partial charge >= 0.3 is 11.9 Å². The number of amides is 4. The second kappa shape index (κ2) is 14.4. The number of nitrogens with two attached hydrogens (primary N) is 2. The van der Waals surface area contributed by atoms with E-state index in [0.717, 1.165) is 16.5 Å². The molecule has 0 aliphatic rings. The van der Waals surface area contributed by atoms with Crippen molar-refractivity contribution < 1.29 is 39.0 Å². The molecule has 0 aliphatic heterocycles. The summed E-state index contributed by atoms with van der Waals surface area (Å²) in [6.45, 7) is 0. The topological polar surface area (TPSA) is 247 Å². The van der Waals surface area contributed by atoms with Gasteiger partial charge in [-0.15, -0.1) is 0 Å². The normalized spacial score (nSPS) is 13.7. The van der Waals surface area contributed by atoms with Crippen LogP contribution in [0.5, 0.6) is 0 Å². The Kier molecular flexibility index (Phi) is 10.7. The van der Waals surface area contributed by atoms with Crippen LogP contribution in [-0.2, 0) is 41.6 Å². The van der Waals surface area contributed by atoms with Crippen molar-refractivity contribution in [3.05, 3.63) is 71.9 Å². The van der Waals surface area contributed by atoms with Gasteiger partial charge in [0.2, 0.25) is 23.6 Å². The Hall–Kier alpha value is -5.24. The Balaban J connectivity index is 1.78. The van der Waals surface area contributed by atoms with Crippen molar-refractivity contribution in [2.75, 3.05) is 0 Å². The highest BCUT2D eigenvalue weighted by Crippen LogP contribution is 2.19. The van der Waals surface area contributed by atoms with Crippen molar-refractivity contribution >= 4 is 46.5 Å². The third-order valence-electron chi connectivity index (χ3n) is 6.40. The molecule has 0 aliphatic carbocycles. The number of carbonyl (C=O) groups is 6. The average Bonchev–Trinajstić information content (AvgIpc) is 3.34. The molecule has 3 rings (SSSR count). The molecule has 0 fully saturated rings. The Bertz CT molecular complexity index is 1460. The van der Waals surface area contributed by atoms with Crippen molar-refractivity contribution in [2.24, 2.45) is 11.5 Å². The number of carboxylic acids is 2. The third kappa shape index (κ3) is 8.89. The van der Waals surface area contributed by atoms with Crippen LogP contribution < -0.4 is 27.4 Å². The number of fused-ring (bicyclic) bond motifs is 1. The van der Waals surface area contributed by atoms with E-state index in [0.29, 0.717) is 5.56 Å². The second-order valence-corrected chi connectivity index (χ2v) is 9.65. The SMILES string of the molecule is NC(=O)CC(NC(=O)C(CC(=O)O)NC(=O)C(Cc1ccccc1)NC(=O)C(N)Cc1c[nH]c2ccccc12)C(=O)O. The molecule has 3 aromatic rings. The molecule has 4 amide bonds. The Morgan fingerprint density at radius 3 is 1.98 bits per heavy atom. The summed E-state index contributed by atoms with van der Waals surface area (Å²) in [5.74, 6) is -6.81. The Morgan fingerprint density at radius 1 is 0.738 bits per heavy atom. The highest BCUT2D eigenvalue weighted by atomic mass is 16.4. The lowest BCUT2D eigenvalue weighted by Crippen LogP contribution is -2.58. The molecule has 0 radical (unpaired) electrons. The molecule has 0 bridgehead atoms. The van der Waals surface area contributed by atoms with Crippen LogP contribution in [-0.4, -0.2) is 74.9 Å².